The smallest absolute Gasteiger partial charge is 0.423 e. The van der Waals surface area contributed by atoms with Gasteiger partial charge in [0.2, 0.25) is 0 Å². The van der Waals surface area contributed by atoms with Gasteiger partial charge in [0.1, 0.15) is 0 Å². The van der Waals surface area contributed by atoms with Gasteiger partial charge >= 0.3 is 7.12 Å². The topological polar surface area (TPSA) is 43.7 Å². The van der Waals surface area contributed by atoms with Gasteiger partial charge in [0.25, 0.3) is 0 Å². The van der Waals surface area contributed by atoms with E-state index in [0.29, 0.717) is 5.46 Å². The molecule has 0 atom stereocenters. The fourth-order valence-corrected chi connectivity index (χ4v) is 1.85. The summed E-state index contributed by atoms with van der Waals surface area (Å²) in [6, 6.07) is 5.67. The first-order valence-corrected chi connectivity index (χ1v) is 4.34. The summed E-state index contributed by atoms with van der Waals surface area (Å²) < 4.78 is 0. The molecule has 0 spiro atoms. The molecule has 0 unspecified atom stereocenters. The van der Waals surface area contributed by atoms with E-state index in [0.717, 1.165) is 18.7 Å². The van der Waals surface area contributed by atoms with Gasteiger partial charge in [0.05, 0.1) is 0 Å². The predicted molar refractivity (Wildman–Crippen MR) is 58.7 cm³/mol. The van der Waals surface area contributed by atoms with Gasteiger partial charge < -0.3 is 10.0 Å². The average molecular weight is 213 g/mol. The average Bonchev–Trinajstić information content (AvgIpc) is 2.43. The van der Waals surface area contributed by atoms with Crippen molar-refractivity contribution >= 4 is 25.0 Å². The Balaban J connectivity index is 0.000000980. The van der Waals surface area contributed by atoms with Gasteiger partial charge in [-0.25, -0.2) is 0 Å². The van der Waals surface area contributed by atoms with E-state index in [1.54, 1.807) is 6.07 Å². The number of hydrogen-bond donors (Lipinski definition) is 2. The number of benzene rings is 1. The second kappa shape index (κ2) is 4.32. The number of nitrogens with zero attached hydrogens (tertiary/aromatic N) is 1. The molecule has 0 saturated carbocycles. The lowest BCUT2D eigenvalue weighted by Crippen LogP contribution is -2.33. The third-order valence-electron chi connectivity index (χ3n) is 2.46. The normalized spacial score (nSPS) is 14.8. The maximum Gasteiger partial charge on any atom is 0.488 e. The first-order valence-electron chi connectivity index (χ1n) is 4.34. The quantitative estimate of drug-likeness (QED) is 0.632. The molecule has 1 aliphatic heterocycles. The molecule has 1 heterocycles. The van der Waals surface area contributed by atoms with Gasteiger partial charge in [-0.3, -0.25) is 4.90 Å². The molecule has 0 bridgehead atoms. The van der Waals surface area contributed by atoms with Crippen LogP contribution in [0.2, 0.25) is 0 Å². The highest BCUT2D eigenvalue weighted by atomic mass is 35.5. The summed E-state index contributed by atoms with van der Waals surface area (Å²) in [6.07, 6.45) is 0. The Morgan fingerprint density at radius 3 is 2.64 bits per heavy atom. The van der Waals surface area contributed by atoms with Crippen molar-refractivity contribution in [2.45, 2.75) is 13.1 Å². The van der Waals surface area contributed by atoms with Crippen LogP contribution in [0.3, 0.4) is 0 Å². The minimum atomic E-state index is -1.35. The van der Waals surface area contributed by atoms with Crippen LogP contribution in [-0.4, -0.2) is 29.1 Å². The third-order valence-corrected chi connectivity index (χ3v) is 2.46. The molecule has 0 saturated heterocycles. The van der Waals surface area contributed by atoms with Crippen LogP contribution in [0.4, 0.5) is 0 Å². The van der Waals surface area contributed by atoms with Crippen molar-refractivity contribution in [3.05, 3.63) is 29.3 Å². The lowest BCUT2D eigenvalue weighted by Gasteiger charge is -2.06. The van der Waals surface area contributed by atoms with Crippen LogP contribution >= 0.6 is 12.4 Å². The van der Waals surface area contributed by atoms with Crippen LogP contribution in [0.15, 0.2) is 18.2 Å². The second-order valence-corrected chi connectivity index (χ2v) is 3.53. The lowest BCUT2D eigenvalue weighted by atomic mass is 9.76. The summed E-state index contributed by atoms with van der Waals surface area (Å²) in [5.74, 6) is 0. The van der Waals surface area contributed by atoms with Crippen molar-refractivity contribution < 1.29 is 10.0 Å². The number of fused-ring (bicyclic) bond motifs is 1. The summed E-state index contributed by atoms with van der Waals surface area (Å²) in [4.78, 5) is 2.15. The zero-order chi connectivity index (χ0) is 9.42. The first kappa shape index (κ1) is 11.5. The van der Waals surface area contributed by atoms with E-state index in [1.807, 2.05) is 19.2 Å². The van der Waals surface area contributed by atoms with Gasteiger partial charge in [-0.05, 0) is 23.6 Å². The van der Waals surface area contributed by atoms with Crippen molar-refractivity contribution in [2.24, 2.45) is 0 Å². The highest BCUT2D eigenvalue weighted by Crippen LogP contribution is 2.18. The number of hydrogen-bond acceptors (Lipinski definition) is 3. The van der Waals surface area contributed by atoms with Crippen LogP contribution < -0.4 is 5.46 Å². The van der Waals surface area contributed by atoms with Crippen LogP contribution in [-0.2, 0) is 13.1 Å². The summed E-state index contributed by atoms with van der Waals surface area (Å²) in [7, 11) is 0.675. The van der Waals surface area contributed by atoms with Crippen LogP contribution in [0, 0.1) is 0 Å². The van der Waals surface area contributed by atoms with E-state index in [9.17, 15) is 0 Å². The van der Waals surface area contributed by atoms with Crippen LogP contribution in [0.25, 0.3) is 0 Å². The van der Waals surface area contributed by atoms with Crippen LogP contribution in [0.1, 0.15) is 11.1 Å². The summed E-state index contributed by atoms with van der Waals surface area (Å²) in [6.45, 7) is 1.71. The molecule has 1 aromatic carbocycles. The molecule has 1 aliphatic rings. The predicted octanol–water partition coefficient (Wildman–Crippen LogP) is -0.266. The SMILES string of the molecule is CN1Cc2cccc(B(O)O)c2C1.Cl. The second-order valence-electron chi connectivity index (χ2n) is 3.53. The Kier molecular flexibility index (Phi) is 3.56. The highest BCUT2D eigenvalue weighted by Gasteiger charge is 2.23. The van der Waals surface area contributed by atoms with E-state index in [4.69, 9.17) is 10.0 Å². The molecule has 3 nitrogen and oxygen atoms in total. The lowest BCUT2D eigenvalue weighted by molar-refractivity contribution is 0.353. The molecule has 2 N–H and O–H groups in total. The molecule has 0 aromatic heterocycles. The molecule has 2 rings (SSSR count). The fraction of sp³-hybridized carbons (Fsp3) is 0.333. The molecule has 1 aromatic rings. The summed E-state index contributed by atoms with van der Waals surface area (Å²) in [5, 5.41) is 18.2. The maximum absolute atomic E-state index is 9.11. The number of halogens is 1. The van der Waals surface area contributed by atoms with Crippen molar-refractivity contribution in [2.75, 3.05) is 7.05 Å². The van der Waals surface area contributed by atoms with E-state index in [2.05, 4.69) is 4.90 Å². The minimum Gasteiger partial charge on any atom is -0.423 e. The van der Waals surface area contributed by atoms with Crippen molar-refractivity contribution in [3.63, 3.8) is 0 Å². The fourth-order valence-electron chi connectivity index (χ4n) is 1.85. The largest absolute Gasteiger partial charge is 0.488 e. The molecule has 0 radical (unpaired) electrons. The van der Waals surface area contributed by atoms with Crippen molar-refractivity contribution in [3.8, 4) is 0 Å². The Hall–Kier alpha value is -0.545. The van der Waals surface area contributed by atoms with E-state index < -0.39 is 7.12 Å². The zero-order valence-corrected chi connectivity index (χ0v) is 8.79. The minimum absolute atomic E-state index is 0. The zero-order valence-electron chi connectivity index (χ0n) is 7.97. The van der Waals surface area contributed by atoms with E-state index in [1.165, 1.54) is 5.56 Å². The van der Waals surface area contributed by atoms with Crippen LogP contribution in [0.5, 0.6) is 0 Å². The van der Waals surface area contributed by atoms with Crippen molar-refractivity contribution in [1.29, 1.82) is 0 Å². The monoisotopic (exact) mass is 213 g/mol. The van der Waals surface area contributed by atoms with Gasteiger partial charge in [-0.2, -0.15) is 0 Å². The standard InChI is InChI=1S/C9H12BNO2.ClH/c1-11-5-7-3-2-4-9(10(12)13)8(7)6-11;/h2-4,12-13H,5-6H2,1H3;1H. The first-order chi connectivity index (χ1) is 6.18. The highest BCUT2D eigenvalue weighted by molar-refractivity contribution is 6.59. The molecule has 5 heteroatoms. The molecule has 0 fully saturated rings. The maximum atomic E-state index is 9.11. The Bertz CT molecular complexity index is 333. The molecule has 76 valence electrons. The molecule has 0 amide bonds. The molecule has 0 aliphatic carbocycles. The molecule has 14 heavy (non-hydrogen) atoms. The Morgan fingerprint density at radius 1 is 1.29 bits per heavy atom. The number of rotatable bonds is 1. The third kappa shape index (κ3) is 1.93. The summed E-state index contributed by atoms with van der Waals surface area (Å²) >= 11 is 0. The van der Waals surface area contributed by atoms with E-state index in [-0.39, 0.29) is 12.4 Å². The van der Waals surface area contributed by atoms with Gasteiger partial charge in [-0.15, -0.1) is 12.4 Å². The summed E-state index contributed by atoms with van der Waals surface area (Å²) in [5.41, 5.74) is 2.91. The molecular weight excluding hydrogens is 200 g/mol. The van der Waals surface area contributed by atoms with Gasteiger partial charge in [0.15, 0.2) is 0 Å². The Morgan fingerprint density at radius 2 is 2.00 bits per heavy atom. The van der Waals surface area contributed by atoms with E-state index >= 15 is 0 Å². The molecular formula is C9H13BClNO2. The van der Waals surface area contributed by atoms with Crippen molar-refractivity contribution in [1.82, 2.24) is 4.90 Å². The Labute approximate surface area is 89.9 Å². The van der Waals surface area contributed by atoms with Gasteiger partial charge in [-0.1, -0.05) is 18.2 Å². The van der Waals surface area contributed by atoms with Gasteiger partial charge in [0, 0.05) is 13.1 Å².